The molecule has 2 aliphatic rings. The van der Waals surface area contributed by atoms with Crippen LogP contribution in [-0.4, -0.2) is 85.9 Å². The lowest BCUT2D eigenvalue weighted by Gasteiger charge is -2.35. The van der Waals surface area contributed by atoms with Gasteiger partial charge < -0.3 is 24.6 Å². The number of aromatic carboxylic acids is 1. The van der Waals surface area contributed by atoms with Crippen molar-refractivity contribution >= 4 is 22.9 Å². The number of amides is 1. The standard InChI is InChI=1S/C28H30N6O5/c1-39-20-8-6-19(7-9-20)34-25-21(24(30-34)27(36)37)12-15-32(26(25)35)17-16-31-13-10-18(11-14-31)33-23-5-3-2-4-22(23)29-28(33)38/h2-9,18H,10-17H2,1H3,(H,29,38)(H,36,37). The van der Waals surface area contributed by atoms with E-state index >= 15 is 0 Å². The molecule has 2 aliphatic heterocycles. The SMILES string of the molecule is COc1ccc(-n2nc(C(=O)O)c3c2C(=O)N(CCN2CCC(n4c(=O)[nH]c5ccccc54)CC2)CC3)cc1. The van der Waals surface area contributed by atoms with Gasteiger partial charge in [-0.3, -0.25) is 9.36 Å². The van der Waals surface area contributed by atoms with Gasteiger partial charge in [-0.15, -0.1) is 0 Å². The molecule has 0 radical (unpaired) electrons. The zero-order valence-corrected chi connectivity index (χ0v) is 21.7. The third kappa shape index (κ3) is 4.48. The number of carboxylic acids is 1. The molecule has 6 rings (SSSR count). The first-order chi connectivity index (χ1) is 18.9. The van der Waals surface area contributed by atoms with E-state index in [0.717, 1.165) is 37.0 Å². The normalized spacial score (nSPS) is 16.5. The highest BCUT2D eigenvalue weighted by Gasteiger charge is 2.34. The fourth-order valence-corrected chi connectivity index (χ4v) is 5.80. The van der Waals surface area contributed by atoms with Crippen LogP contribution in [0.5, 0.6) is 5.75 Å². The molecule has 0 aliphatic carbocycles. The van der Waals surface area contributed by atoms with Crippen molar-refractivity contribution in [2.45, 2.75) is 25.3 Å². The predicted molar refractivity (Wildman–Crippen MR) is 144 cm³/mol. The van der Waals surface area contributed by atoms with E-state index in [9.17, 15) is 19.5 Å². The Kier molecular flexibility index (Phi) is 6.43. The molecule has 202 valence electrons. The molecule has 2 N–H and O–H groups in total. The minimum absolute atomic E-state index is 0.0708. The van der Waals surface area contributed by atoms with E-state index in [1.54, 1.807) is 36.3 Å². The molecule has 4 heterocycles. The number of methoxy groups -OCH3 is 1. The number of aromatic amines is 1. The average molecular weight is 531 g/mol. The fourth-order valence-electron chi connectivity index (χ4n) is 5.80. The lowest BCUT2D eigenvalue weighted by molar-refractivity contribution is 0.0687. The molecule has 39 heavy (non-hydrogen) atoms. The maximum Gasteiger partial charge on any atom is 0.356 e. The average Bonchev–Trinajstić information content (AvgIpc) is 3.51. The Morgan fingerprint density at radius 3 is 2.51 bits per heavy atom. The molecule has 1 amide bonds. The van der Waals surface area contributed by atoms with Crippen LogP contribution in [0.4, 0.5) is 0 Å². The lowest BCUT2D eigenvalue weighted by atomic mass is 10.0. The minimum atomic E-state index is -1.14. The van der Waals surface area contributed by atoms with Crippen molar-refractivity contribution in [3.8, 4) is 11.4 Å². The van der Waals surface area contributed by atoms with E-state index in [0.29, 0.717) is 48.7 Å². The zero-order valence-electron chi connectivity index (χ0n) is 21.7. The number of fused-ring (bicyclic) bond motifs is 2. The van der Waals surface area contributed by atoms with Crippen molar-refractivity contribution in [2.75, 3.05) is 39.8 Å². The Morgan fingerprint density at radius 1 is 1.05 bits per heavy atom. The van der Waals surface area contributed by atoms with Gasteiger partial charge in [-0.2, -0.15) is 5.10 Å². The van der Waals surface area contributed by atoms with Gasteiger partial charge in [-0.25, -0.2) is 14.3 Å². The first kappa shape index (κ1) is 24.9. The number of hydrogen-bond donors (Lipinski definition) is 2. The monoisotopic (exact) mass is 530 g/mol. The number of aromatic nitrogens is 4. The number of rotatable bonds is 7. The summed E-state index contributed by atoms with van der Waals surface area (Å²) < 4.78 is 8.54. The maximum absolute atomic E-state index is 13.6. The van der Waals surface area contributed by atoms with Crippen LogP contribution < -0.4 is 10.4 Å². The number of hydrogen-bond acceptors (Lipinski definition) is 6. The highest BCUT2D eigenvalue weighted by Crippen LogP contribution is 2.28. The quantitative estimate of drug-likeness (QED) is 0.376. The Hall–Kier alpha value is -4.38. The molecular formula is C28H30N6O5. The fraction of sp³-hybridized carbons (Fsp3) is 0.357. The van der Waals surface area contributed by atoms with E-state index in [4.69, 9.17) is 4.74 Å². The number of nitrogens with one attached hydrogen (secondary N) is 1. The molecule has 11 heteroatoms. The van der Waals surface area contributed by atoms with Gasteiger partial charge in [-0.1, -0.05) is 12.1 Å². The first-order valence-corrected chi connectivity index (χ1v) is 13.1. The van der Waals surface area contributed by atoms with E-state index < -0.39 is 5.97 Å². The molecule has 0 spiro atoms. The number of carbonyl (C=O) groups is 2. The number of H-pyrrole nitrogens is 1. The van der Waals surface area contributed by atoms with Crippen LogP contribution in [0.25, 0.3) is 16.7 Å². The van der Waals surface area contributed by atoms with Crippen molar-refractivity contribution in [1.82, 2.24) is 29.1 Å². The summed E-state index contributed by atoms with van der Waals surface area (Å²) in [7, 11) is 1.57. The first-order valence-electron chi connectivity index (χ1n) is 13.1. The Labute approximate surface area is 224 Å². The summed E-state index contributed by atoms with van der Waals surface area (Å²) in [5.74, 6) is -0.700. The van der Waals surface area contributed by atoms with Gasteiger partial charge in [0, 0.05) is 44.3 Å². The van der Waals surface area contributed by atoms with Gasteiger partial charge in [0.05, 0.1) is 23.8 Å². The van der Waals surface area contributed by atoms with Crippen LogP contribution >= 0.6 is 0 Å². The summed E-state index contributed by atoms with van der Waals surface area (Å²) in [6, 6.07) is 14.9. The van der Waals surface area contributed by atoms with Crippen molar-refractivity contribution in [3.05, 3.63) is 76.0 Å². The van der Waals surface area contributed by atoms with Crippen molar-refractivity contribution in [2.24, 2.45) is 0 Å². The van der Waals surface area contributed by atoms with Gasteiger partial charge in [0.2, 0.25) is 0 Å². The topological polar surface area (TPSA) is 126 Å². The molecule has 2 aromatic carbocycles. The number of nitrogens with zero attached hydrogens (tertiary/aromatic N) is 5. The molecule has 2 aromatic heterocycles. The van der Waals surface area contributed by atoms with Gasteiger partial charge in [-0.05, 0) is 55.7 Å². The third-order valence-corrected chi connectivity index (χ3v) is 7.86. The van der Waals surface area contributed by atoms with E-state index in [1.165, 1.54) is 4.68 Å². The second-order valence-corrected chi connectivity index (χ2v) is 10.0. The summed E-state index contributed by atoms with van der Waals surface area (Å²) in [5, 5.41) is 14.0. The number of para-hydroxylation sites is 2. The summed E-state index contributed by atoms with van der Waals surface area (Å²) in [6.45, 7) is 3.35. The molecule has 0 saturated carbocycles. The van der Waals surface area contributed by atoms with Crippen LogP contribution in [0.3, 0.4) is 0 Å². The largest absolute Gasteiger partial charge is 0.497 e. The Bertz CT molecular complexity index is 1590. The summed E-state index contributed by atoms with van der Waals surface area (Å²) in [6.07, 6.45) is 2.14. The summed E-state index contributed by atoms with van der Waals surface area (Å²) in [4.78, 5) is 45.1. The second kappa shape index (κ2) is 10.1. The number of carboxylic acid groups (broad SMARTS) is 1. The number of ether oxygens (including phenoxy) is 1. The van der Waals surface area contributed by atoms with Gasteiger partial charge >= 0.3 is 11.7 Å². The van der Waals surface area contributed by atoms with E-state index in [-0.39, 0.29) is 23.3 Å². The molecular weight excluding hydrogens is 500 g/mol. The number of likely N-dealkylation sites (tertiary alicyclic amines) is 1. The third-order valence-electron chi connectivity index (χ3n) is 7.86. The Balaban J connectivity index is 1.14. The van der Waals surface area contributed by atoms with Crippen LogP contribution in [-0.2, 0) is 6.42 Å². The van der Waals surface area contributed by atoms with Gasteiger partial charge in [0.1, 0.15) is 11.4 Å². The number of imidazole rings is 1. The van der Waals surface area contributed by atoms with Crippen molar-refractivity contribution < 1.29 is 19.4 Å². The molecule has 0 unspecified atom stereocenters. The smallest absolute Gasteiger partial charge is 0.356 e. The molecule has 1 saturated heterocycles. The zero-order chi connectivity index (χ0) is 27.1. The number of carbonyl (C=O) groups excluding carboxylic acids is 1. The highest BCUT2D eigenvalue weighted by atomic mass is 16.5. The number of benzene rings is 2. The van der Waals surface area contributed by atoms with Crippen LogP contribution in [0, 0.1) is 0 Å². The number of piperidine rings is 1. The molecule has 11 nitrogen and oxygen atoms in total. The van der Waals surface area contributed by atoms with Crippen LogP contribution in [0.2, 0.25) is 0 Å². The molecule has 0 bridgehead atoms. The minimum Gasteiger partial charge on any atom is -0.497 e. The van der Waals surface area contributed by atoms with Crippen molar-refractivity contribution in [1.29, 1.82) is 0 Å². The molecule has 0 atom stereocenters. The molecule has 1 fully saturated rings. The summed E-state index contributed by atoms with van der Waals surface area (Å²) >= 11 is 0. The molecule has 4 aromatic rings. The highest BCUT2D eigenvalue weighted by molar-refractivity contribution is 5.99. The van der Waals surface area contributed by atoms with Gasteiger partial charge in [0.25, 0.3) is 5.91 Å². The van der Waals surface area contributed by atoms with Crippen LogP contribution in [0.1, 0.15) is 45.4 Å². The second-order valence-electron chi connectivity index (χ2n) is 10.0. The maximum atomic E-state index is 13.6. The van der Waals surface area contributed by atoms with E-state index in [2.05, 4.69) is 15.0 Å². The van der Waals surface area contributed by atoms with Crippen LogP contribution in [0.15, 0.2) is 53.3 Å². The van der Waals surface area contributed by atoms with Gasteiger partial charge in [0.15, 0.2) is 5.69 Å². The van der Waals surface area contributed by atoms with E-state index in [1.807, 2.05) is 28.8 Å². The summed E-state index contributed by atoms with van der Waals surface area (Å²) in [5.41, 5.74) is 3.02. The lowest BCUT2D eigenvalue weighted by Crippen LogP contribution is -2.45. The Morgan fingerprint density at radius 2 is 1.79 bits per heavy atom. The predicted octanol–water partition coefficient (Wildman–Crippen LogP) is 2.56. The van der Waals surface area contributed by atoms with Crippen molar-refractivity contribution in [3.63, 3.8) is 0 Å².